The number of likely N-dealkylation sites (N-methyl/N-ethyl adjacent to an activating group) is 1. The average molecular weight is 171 g/mol. The minimum atomic E-state index is -0.981. The molecule has 0 saturated heterocycles. The highest BCUT2D eigenvalue weighted by molar-refractivity contribution is 5.86. The molecule has 2 N–H and O–H groups in total. The molecule has 0 rings (SSSR count). The summed E-state index contributed by atoms with van der Waals surface area (Å²) < 4.78 is 0. The van der Waals surface area contributed by atoms with Gasteiger partial charge in [0, 0.05) is 12.6 Å². The zero-order valence-electron chi connectivity index (χ0n) is 7.04. The Morgan fingerprint density at radius 3 is 1.92 bits per heavy atom. The molecule has 0 atom stereocenters. The van der Waals surface area contributed by atoms with E-state index < -0.39 is 5.97 Å². The smallest absolute Gasteiger partial charge is 0.327 e. The average Bonchev–Trinajstić information content (AvgIpc) is 2.06. The molecule has 0 heterocycles. The lowest BCUT2D eigenvalue weighted by atomic mass is 10.6. The van der Waals surface area contributed by atoms with Crippen molar-refractivity contribution in [3.05, 3.63) is 25.3 Å². The standard InChI is InChI=1S/C5H9NO.C3H4O2/c1-3-5(7)6-4-2;1-2-3(4)5/h3H,1,4H2,2H3,(H,6,7);2H,1H2,(H,4,5). The highest BCUT2D eigenvalue weighted by atomic mass is 16.4. The molecule has 0 aliphatic rings. The second-order valence-electron chi connectivity index (χ2n) is 1.64. The molecule has 0 aliphatic heterocycles. The minimum Gasteiger partial charge on any atom is -0.478 e. The number of amides is 1. The summed E-state index contributed by atoms with van der Waals surface area (Å²) in [6.45, 7) is 8.76. The van der Waals surface area contributed by atoms with E-state index in [0.29, 0.717) is 6.54 Å². The van der Waals surface area contributed by atoms with Gasteiger partial charge in [-0.1, -0.05) is 13.2 Å². The van der Waals surface area contributed by atoms with Crippen LogP contribution in [-0.4, -0.2) is 23.5 Å². The van der Waals surface area contributed by atoms with Gasteiger partial charge < -0.3 is 10.4 Å². The highest BCUT2D eigenvalue weighted by Gasteiger charge is 1.83. The van der Waals surface area contributed by atoms with Gasteiger partial charge in [0.05, 0.1) is 0 Å². The predicted molar refractivity (Wildman–Crippen MR) is 46.7 cm³/mol. The number of carbonyl (C=O) groups is 2. The molecule has 0 aromatic carbocycles. The number of carboxylic acid groups (broad SMARTS) is 1. The molecule has 12 heavy (non-hydrogen) atoms. The largest absolute Gasteiger partial charge is 0.478 e. The van der Waals surface area contributed by atoms with E-state index in [4.69, 9.17) is 5.11 Å². The fourth-order valence-corrected chi connectivity index (χ4v) is 0.246. The third kappa shape index (κ3) is 15.8. The monoisotopic (exact) mass is 171 g/mol. The summed E-state index contributed by atoms with van der Waals surface area (Å²) in [5.74, 6) is -1.09. The molecule has 0 aromatic heterocycles. The van der Waals surface area contributed by atoms with Gasteiger partial charge in [-0.05, 0) is 13.0 Å². The molecule has 0 bridgehead atoms. The van der Waals surface area contributed by atoms with Crippen LogP contribution in [0.2, 0.25) is 0 Å². The third-order valence-corrected chi connectivity index (χ3v) is 0.711. The fourth-order valence-electron chi connectivity index (χ4n) is 0.246. The molecule has 0 saturated carbocycles. The van der Waals surface area contributed by atoms with Gasteiger partial charge >= 0.3 is 5.97 Å². The molecule has 0 aromatic rings. The Labute approximate surface area is 71.6 Å². The lowest BCUT2D eigenvalue weighted by Crippen LogP contribution is -2.19. The second kappa shape index (κ2) is 9.42. The topological polar surface area (TPSA) is 66.4 Å². The number of rotatable bonds is 3. The SMILES string of the molecule is C=CC(=O)NCC.C=CC(=O)O. The Morgan fingerprint density at radius 2 is 1.83 bits per heavy atom. The van der Waals surface area contributed by atoms with Crippen molar-refractivity contribution in [3.8, 4) is 0 Å². The summed E-state index contributed by atoms with van der Waals surface area (Å²) in [4.78, 5) is 19.4. The zero-order chi connectivity index (χ0) is 9.98. The fraction of sp³-hybridized carbons (Fsp3) is 0.250. The van der Waals surface area contributed by atoms with Crippen molar-refractivity contribution >= 4 is 11.9 Å². The first-order valence-electron chi connectivity index (χ1n) is 3.34. The van der Waals surface area contributed by atoms with Crippen LogP contribution in [0.25, 0.3) is 0 Å². The van der Waals surface area contributed by atoms with E-state index in [1.807, 2.05) is 6.92 Å². The molecule has 68 valence electrons. The first-order chi connectivity index (χ1) is 5.58. The van der Waals surface area contributed by atoms with Crippen molar-refractivity contribution in [1.29, 1.82) is 0 Å². The van der Waals surface area contributed by atoms with Crippen LogP contribution in [-0.2, 0) is 9.59 Å². The number of hydrogen-bond acceptors (Lipinski definition) is 2. The van der Waals surface area contributed by atoms with Crippen molar-refractivity contribution in [2.45, 2.75) is 6.92 Å². The number of carboxylic acids is 1. The lowest BCUT2D eigenvalue weighted by Gasteiger charge is -1.90. The summed E-state index contributed by atoms with van der Waals surface area (Å²) in [5.41, 5.74) is 0. The van der Waals surface area contributed by atoms with Crippen molar-refractivity contribution in [2.24, 2.45) is 0 Å². The van der Waals surface area contributed by atoms with Crippen LogP contribution in [0.4, 0.5) is 0 Å². The molecular weight excluding hydrogens is 158 g/mol. The maximum Gasteiger partial charge on any atom is 0.327 e. The Kier molecular flexibility index (Phi) is 10.2. The normalized spacial score (nSPS) is 7.08. The van der Waals surface area contributed by atoms with Crippen LogP contribution >= 0.6 is 0 Å². The van der Waals surface area contributed by atoms with E-state index in [1.54, 1.807) is 0 Å². The van der Waals surface area contributed by atoms with Crippen molar-refractivity contribution in [2.75, 3.05) is 6.54 Å². The molecule has 0 radical (unpaired) electrons. The van der Waals surface area contributed by atoms with Crippen LogP contribution in [0.15, 0.2) is 25.3 Å². The van der Waals surface area contributed by atoms with Gasteiger partial charge in [0.25, 0.3) is 0 Å². The number of aliphatic carboxylic acids is 1. The van der Waals surface area contributed by atoms with E-state index in [-0.39, 0.29) is 5.91 Å². The highest BCUT2D eigenvalue weighted by Crippen LogP contribution is 1.61. The van der Waals surface area contributed by atoms with E-state index in [1.165, 1.54) is 6.08 Å². The molecule has 0 unspecified atom stereocenters. The number of hydrogen-bond donors (Lipinski definition) is 2. The first-order valence-corrected chi connectivity index (χ1v) is 3.34. The van der Waals surface area contributed by atoms with E-state index in [2.05, 4.69) is 18.5 Å². The van der Waals surface area contributed by atoms with Gasteiger partial charge in [-0.25, -0.2) is 4.79 Å². The quantitative estimate of drug-likeness (QED) is 0.610. The lowest BCUT2D eigenvalue weighted by molar-refractivity contribution is -0.131. The van der Waals surface area contributed by atoms with Crippen LogP contribution in [0, 0.1) is 0 Å². The zero-order valence-corrected chi connectivity index (χ0v) is 7.04. The maximum absolute atomic E-state index is 10.2. The van der Waals surface area contributed by atoms with Gasteiger partial charge in [0.1, 0.15) is 0 Å². The Morgan fingerprint density at radius 1 is 1.42 bits per heavy atom. The van der Waals surface area contributed by atoms with Crippen LogP contribution in [0.1, 0.15) is 6.92 Å². The molecule has 0 spiro atoms. The molecule has 0 fully saturated rings. The van der Waals surface area contributed by atoms with Gasteiger partial charge in [-0.2, -0.15) is 0 Å². The predicted octanol–water partition coefficient (Wildman–Crippen LogP) is 0.565. The molecular formula is C8H13NO3. The van der Waals surface area contributed by atoms with Gasteiger partial charge in [-0.3, -0.25) is 4.79 Å². The summed E-state index contributed by atoms with van der Waals surface area (Å²) in [6, 6.07) is 0. The van der Waals surface area contributed by atoms with Gasteiger partial charge in [0.15, 0.2) is 0 Å². The summed E-state index contributed by atoms with van der Waals surface area (Å²) in [6.07, 6.45) is 2.09. The Balaban J connectivity index is 0. The van der Waals surface area contributed by atoms with Crippen molar-refractivity contribution in [3.63, 3.8) is 0 Å². The van der Waals surface area contributed by atoms with Crippen LogP contribution in [0.3, 0.4) is 0 Å². The van der Waals surface area contributed by atoms with Crippen molar-refractivity contribution < 1.29 is 14.7 Å². The second-order valence-corrected chi connectivity index (χ2v) is 1.64. The molecule has 4 nitrogen and oxygen atoms in total. The van der Waals surface area contributed by atoms with Gasteiger partial charge in [-0.15, -0.1) is 0 Å². The molecule has 0 aliphatic carbocycles. The first kappa shape index (κ1) is 13.0. The summed E-state index contributed by atoms with van der Waals surface area (Å²) >= 11 is 0. The third-order valence-electron chi connectivity index (χ3n) is 0.711. The Hall–Kier alpha value is -1.58. The van der Waals surface area contributed by atoms with Crippen LogP contribution < -0.4 is 5.32 Å². The summed E-state index contributed by atoms with van der Waals surface area (Å²) in [5, 5.41) is 10.1. The summed E-state index contributed by atoms with van der Waals surface area (Å²) in [7, 11) is 0. The van der Waals surface area contributed by atoms with E-state index >= 15 is 0 Å². The van der Waals surface area contributed by atoms with E-state index in [0.717, 1.165) is 6.08 Å². The van der Waals surface area contributed by atoms with Gasteiger partial charge in [0.2, 0.25) is 5.91 Å². The molecule has 4 heteroatoms. The minimum absolute atomic E-state index is 0.109. The maximum atomic E-state index is 10.2. The Bertz CT molecular complexity index is 175. The number of nitrogens with one attached hydrogen (secondary N) is 1. The van der Waals surface area contributed by atoms with Crippen LogP contribution in [0.5, 0.6) is 0 Å². The van der Waals surface area contributed by atoms with Crippen molar-refractivity contribution in [1.82, 2.24) is 5.32 Å². The number of carbonyl (C=O) groups excluding carboxylic acids is 1. The van der Waals surface area contributed by atoms with E-state index in [9.17, 15) is 9.59 Å². The molecule has 1 amide bonds.